The Kier molecular flexibility index (Phi) is 7.42. The molecule has 0 aliphatic rings. The van der Waals surface area contributed by atoms with Crippen LogP contribution in [0.2, 0.25) is 10.0 Å². The molecule has 4 nitrogen and oxygen atoms in total. The molecular weight excluding hydrogens is 425 g/mol. The number of hydrazone groups is 1. The van der Waals surface area contributed by atoms with Crippen LogP contribution in [-0.2, 0) is 10.5 Å². The second-order valence-electron chi connectivity index (χ2n) is 6.53. The molecule has 0 spiro atoms. The molecule has 1 aromatic heterocycles. The average Bonchev–Trinajstić information content (AvgIpc) is 2.98. The maximum Gasteiger partial charge on any atom is 0.250 e. The number of benzene rings is 2. The SMILES string of the molecule is Cc1cc(/C=N/NC(=O)CSCc2ccccc2)c(C)n1-c1ccc(Cl)c(Cl)c1. The Balaban J connectivity index is 1.59. The summed E-state index contributed by atoms with van der Waals surface area (Å²) < 4.78 is 2.07. The van der Waals surface area contributed by atoms with Gasteiger partial charge in [0.2, 0.25) is 5.91 Å². The number of amides is 1. The van der Waals surface area contributed by atoms with Crippen molar-refractivity contribution in [2.24, 2.45) is 5.10 Å². The van der Waals surface area contributed by atoms with Gasteiger partial charge in [-0.05, 0) is 43.7 Å². The Labute approximate surface area is 184 Å². The molecule has 29 heavy (non-hydrogen) atoms. The van der Waals surface area contributed by atoms with E-state index in [2.05, 4.69) is 15.1 Å². The van der Waals surface area contributed by atoms with Crippen molar-refractivity contribution in [3.63, 3.8) is 0 Å². The van der Waals surface area contributed by atoms with E-state index in [1.807, 2.05) is 62.4 Å². The first kappa shape index (κ1) is 21.5. The molecule has 2 aromatic carbocycles. The van der Waals surface area contributed by atoms with E-state index >= 15 is 0 Å². The van der Waals surface area contributed by atoms with E-state index in [1.165, 1.54) is 5.56 Å². The molecule has 0 atom stereocenters. The van der Waals surface area contributed by atoms with Gasteiger partial charge in [-0.1, -0.05) is 53.5 Å². The number of rotatable bonds is 7. The van der Waals surface area contributed by atoms with Crippen LogP contribution in [0.25, 0.3) is 5.69 Å². The number of thioether (sulfide) groups is 1. The molecule has 0 saturated carbocycles. The van der Waals surface area contributed by atoms with Crippen LogP contribution in [0, 0.1) is 13.8 Å². The first-order chi connectivity index (χ1) is 14.0. The number of carbonyl (C=O) groups excluding carboxylic acids is 1. The zero-order valence-corrected chi connectivity index (χ0v) is 18.5. The van der Waals surface area contributed by atoms with Gasteiger partial charge in [0, 0.05) is 28.4 Å². The quantitative estimate of drug-likeness (QED) is 0.369. The monoisotopic (exact) mass is 445 g/mol. The van der Waals surface area contributed by atoms with E-state index < -0.39 is 0 Å². The zero-order valence-electron chi connectivity index (χ0n) is 16.2. The lowest BCUT2D eigenvalue weighted by atomic mass is 10.2. The number of hydrogen-bond donors (Lipinski definition) is 1. The third-order valence-corrected chi connectivity index (χ3v) is 6.11. The number of aryl methyl sites for hydroxylation is 1. The minimum Gasteiger partial charge on any atom is -0.318 e. The summed E-state index contributed by atoms with van der Waals surface area (Å²) in [6, 6.07) is 17.6. The molecule has 0 aliphatic heterocycles. The third kappa shape index (κ3) is 5.66. The van der Waals surface area contributed by atoms with E-state index in [0.29, 0.717) is 15.8 Å². The number of hydrogen-bond acceptors (Lipinski definition) is 3. The molecule has 0 unspecified atom stereocenters. The van der Waals surface area contributed by atoms with E-state index in [4.69, 9.17) is 23.2 Å². The van der Waals surface area contributed by atoms with Gasteiger partial charge in [-0.25, -0.2) is 5.43 Å². The minimum atomic E-state index is -0.125. The molecule has 0 saturated heterocycles. The summed E-state index contributed by atoms with van der Waals surface area (Å²) >= 11 is 13.7. The van der Waals surface area contributed by atoms with Crippen molar-refractivity contribution in [3.05, 3.63) is 87.2 Å². The van der Waals surface area contributed by atoms with Gasteiger partial charge in [0.15, 0.2) is 0 Å². The fourth-order valence-electron chi connectivity index (χ4n) is 2.98. The number of carbonyl (C=O) groups is 1. The molecule has 0 fully saturated rings. The summed E-state index contributed by atoms with van der Waals surface area (Å²) in [7, 11) is 0. The van der Waals surface area contributed by atoms with Crippen molar-refractivity contribution in [3.8, 4) is 5.69 Å². The zero-order chi connectivity index (χ0) is 20.8. The third-order valence-electron chi connectivity index (χ3n) is 4.37. The Morgan fingerprint density at radius 2 is 1.86 bits per heavy atom. The van der Waals surface area contributed by atoms with Crippen molar-refractivity contribution in [2.75, 3.05) is 5.75 Å². The maximum absolute atomic E-state index is 12.0. The lowest BCUT2D eigenvalue weighted by Crippen LogP contribution is -2.19. The average molecular weight is 446 g/mol. The van der Waals surface area contributed by atoms with E-state index in [0.717, 1.165) is 28.4 Å². The first-order valence-corrected chi connectivity index (χ1v) is 10.9. The predicted octanol–water partition coefficient (Wildman–Crippen LogP) is 5.78. The lowest BCUT2D eigenvalue weighted by molar-refractivity contribution is -0.118. The summed E-state index contributed by atoms with van der Waals surface area (Å²) in [6.45, 7) is 4.00. The lowest BCUT2D eigenvalue weighted by Gasteiger charge is -2.10. The summed E-state index contributed by atoms with van der Waals surface area (Å²) in [5.41, 5.74) is 7.67. The van der Waals surface area contributed by atoms with Crippen LogP contribution in [0.15, 0.2) is 59.7 Å². The highest BCUT2D eigenvalue weighted by Gasteiger charge is 2.11. The highest BCUT2D eigenvalue weighted by atomic mass is 35.5. The molecule has 150 valence electrons. The van der Waals surface area contributed by atoms with Crippen LogP contribution in [0.1, 0.15) is 22.5 Å². The van der Waals surface area contributed by atoms with Gasteiger partial charge in [0.1, 0.15) is 0 Å². The van der Waals surface area contributed by atoms with Crippen molar-refractivity contribution < 1.29 is 4.79 Å². The van der Waals surface area contributed by atoms with Crippen LogP contribution >= 0.6 is 35.0 Å². The van der Waals surface area contributed by atoms with Gasteiger partial charge < -0.3 is 4.57 Å². The van der Waals surface area contributed by atoms with E-state index in [1.54, 1.807) is 24.0 Å². The summed E-state index contributed by atoms with van der Waals surface area (Å²) in [5, 5.41) is 5.14. The smallest absolute Gasteiger partial charge is 0.250 e. The second kappa shape index (κ2) is 10.0. The first-order valence-electron chi connectivity index (χ1n) is 9.03. The van der Waals surface area contributed by atoms with Gasteiger partial charge in [0.25, 0.3) is 0 Å². The summed E-state index contributed by atoms with van der Waals surface area (Å²) in [4.78, 5) is 12.0. The van der Waals surface area contributed by atoms with Crippen LogP contribution in [0.5, 0.6) is 0 Å². The maximum atomic E-state index is 12.0. The molecule has 3 rings (SSSR count). The summed E-state index contributed by atoms with van der Waals surface area (Å²) in [6.07, 6.45) is 1.66. The molecule has 3 aromatic rings. The Bertz CT molecular complexity index is 1030. The standard InChI is InChI=1S/C22H21Cl2N3OS/c1-15-10-18(16(2)27(15)19-8-9-20(23)21(24)11-19)12-25-26-22(28)14-29-13-17-6-4-3-5-7-17/h3-12H,13-14H2,1-2H3,(H,26,28)/b25-12+. The second-order valence-corrected chi connectivity index (χ2v) is 8.33. The van der Waals surface area contributed by atoms with Crippen LogP contribution in [0.4, 0.5) is 0 Å². The molecule has 0 radical (unpaired) electrons. The fourth-order valence-corrected chi connectivity index (χ4v) is 4.05. The van der Waals surface area contributed by atoms with Gasteiger partial charge in [-0.15, -0.1) is 11.8 Å². The summed E-state index contributed by atoms with van der Waals surface area (Å²) in [5.74, 6) is 1.03. The number of nitrogens with zero attached hydrogens (tertiary/aromatic N) is 2. The fraction of sp³-hybridized carbons (Fsp3) is 0.182. The highest BCUT2D eigenvalue weighted by molar-refractivity contribution is 7.99. The van der Waals surface area contributed by atoms with Gasteiger partial charge in [-0.3, -0.25) is 4.79 Å². The number of nitrogens with one attached hydrogen (secondary N) is 1. The van der Waals surface area contributed by atoms with Crippen LogP contribution in [0.3, 0.4) is 0 Å². The molecule has 0 bridgehead atoms. The molecule has 0 aliphatic carbocycles. The molecular formula is C22H21Cl2N3OS. The molecule has 1 amide bonds. The van der Waals surface area contributed by atoms with Gasteiger partial charge in [-0.2, -0.15) is 5.10 Å². The van der Waals surface area contributed by atoms with Crippen LogP contribution < -0.4 is 5.43 Å². The van der Waals surface area contributed by atoms with Crippen molar-refractivity contribution in [2.45, 2.75) is 19.6 Å². The number of halogens is 2. The Morgan fingerprint density at radius 3 is 2.59 bits per heavy atom. The number of aromatic nitrogens is 1. The Hall–Kier alpha value is -2.21. The van der Waals surface area contributed by atoms with Crippen LogP contribution in [-0.4, -0.2) is 22.4 Å². The van der Waals surface area contributed by atoms with E-state index in [9.17, 15) is 4.79 Å². The normalized spacial score (nSPS) is 11.2. The predicted molar refractivity (Wildman–Crippen MR) is 124 cm³/mol. The van der Waals surface area contributed by atoms with Crippen molar-refractivity contribution in [1.29, 1.82) is 0 Å². The topological polar surface area (TPSA) is 46.4 Å². The molecule has 1 heterocycles. The molecule has 7 heteroatoms. The largest absolute Gasteiger partial charge is 0.318 e. The van der Waals surface area contributed by atoms with Crippen molar-refractivity contribution >= 4 is 47.1 Å². The van der Waals surface area contributed by atoms with Crippen molar-refractivity contribution in [1.82, 2.24) is 9.99 Å². The van der Waals surface area contributed by atoms with Gasteiger partial charge >= 0.3 is 0 Å². The molecule has 1 N–H and O–H groups in total. The minimum absolute atomic E-state index is 0.125. The highest BCUT2D eigenvalue weighted by Crippen LogP contribution is 2.27. The Morgan fingerprint density at radius 1 is 1.10 bits per heavy atom. The van der Waals surface area contributed by atoms with Gasteiger partial charge in [0.05, 0.1) is 22.0 Å². The van der Waals surface area contributed by atoms with E-state index in [-0.39, 0.29) is 5.91 Å².